The summed E-state index contributed by atoms with van der Waals surface area (Å²) in [5, 5.41) is 6.71. The van der Waals surface area contributed by atoms with Gasteiger partial charge in [0.2, 0.25) is 0 Å². The predicted octanol–water partition coefficient (Wildman–Crippen LogP) is 1.92. The molecule has 104 valence electrons. The van der Waals surface area contributed by atoms with Crippen LogP contribution < -0.4 is 5.32 Å². The number of nitrogens with zero attached hydrogens (tertiary/aromatic N) is 2. The normalized spacial score (nSPS) is 13.8. The molecule has 0 amide bonds. The number of alkyl halides is 3. The van der Waals surface area contributed by atoms with Gasteiger partial charge in [-0.25, -0.2) is 0 Å². The third-order valence-electron chi connectivity index (χ3n) is 2.39. The van der Waals surface area contributed by atoms with Crippen molar-refractivity contribution in [3.05, 3.63) is 18.0 Å². The van der Waals surface area contributed by atoms with Crippen LogP contribution in [0.3, 0.4) is 0 Å². The van der Waals surface area contributed by atoms with E-state index >= 15 is 0 Å². The zero-order valence-electron chi connectivity index (χ0n) is 10.5. The molecule has 1 rings (SSSR count). The van der Waals surface area contributed by atoms with E-state index in [9.17, 15) is 13.2 Å². The van der Waals surface area contributed by atoms with E-state index in [1.165, 1.54) is 10.9 Å². The summed E-state index contributed by atoms with van der Waals surface area (Å²) in [5.41, 5.74) is -0.867. The number of hydrogen-bond donors (Lipinski definition) is 1. The lowest BCUT2D eigenvalue weighted by molar-refractivity contribution is -0.141. The monoisotopic (exact) mass is 265 g/mol. The molecular weight excluding hydrogens is 247 g/mol. The Hall–Kier alpha value is -1.08. The first-order valence-electron chi connectivity index (χ1n) is 5.80. The Bertz CT molecular complexity index is 352. The van der Waals surface area contributed by atoms with Crippen LogP contribution in [0.5, 0.6) is 0 Å². The molecule has 0 fully saturated rings. The largest absolute Gasteiger partial charge is 0.435 e. The Morgan fingerprint density at radius 2 is 2.22 bits per heavy atom. The molecule has 0 radical (unpaired) electrons. The molecule has 1 heterocycles. The number of aromatic nitrogens is 2. The van der Waals surface area contributed by atoms with E-state index in [2.05, 4.69) is 10.4 Å². The van der Waals surface area contributed by atoms with Crippen molar-refractivity contribution in [1.29, 1.82) is 0 Å². The Kier molecular flexibility index (Phi) is 5.61. The molecule has 1 atom stereocenters. The maximum absolute atomic E-state index is 12.4. The van der Waals surface area contributed by atoms with Crippen molar-refractivity contribution < 1.29 is 17.9 Å². The minimum atomic E-state index is -4.39. The summed E-state index contributed by atoms with van der Waals surface area (Å²) in [6.45, 7) is 3.60. The van der Waals surface area contributed by atoms with Crippen LogP contribution in [0, 0.1) is 0 Å². The lowest BCUT2D eigenvalue weighted by atomic mass is 10.3. The molecule has 0 saturated heterocycles. The molecule has 1 aromatic heterocycles. The average Bonchev–Trinajstić information content (AvgIpc) is 2.74. The van der Waals surface area contributed by atoms with E-state index in [4.69, 9.17) is 4.74 Å². The molecule has 0 spiro atoms. The highest BCUT2D eigenvalue weighted by Gasteiger charge is 2.33. The van der Waals surface area contributed by atoms with Crippen LogP contribution in [0.2, 0.25) is 0 Å². The van der Waals surface area contributed by atoms with Crippen LogP contribution in [-0.2, 0) is 17.5 Å². The summed E-state index contributed by atoms with van der Waals surface area (Å²) in [7, 11) is 1.56. The molecule has 1 aromatic rings. The van der Waals surface area contributed by atoms with Crippen molar-refractivity contribution in [1.82, 2.24) is 15.1 Å². The number of halogens is 3. The highest BCUT2D eigenvalue weighted by molar-refractivity contribution is 5.03. The molecule has 18 heavy (non-hydrogen) atoms. The van der Waals surface area contributed by atoms with Crippen molar-refractivity contribution >= 4 is 0 Å². The Morgan fingerprint density at radius 1 is 1.50 bits per heavy atom. The summed E-state index contributed by atoms with van der Waals surface area (Å²) < 4.78 is 43.4. The van der Waals surface area contributed by atoms with Gasteiger partial charge in [-0.15, -0.1) is 0 Å². The second kappa shape index (κ2) is 6.75. The molecule has 4 nitrogen and oxygen atoms in total. The quantitative estimate of drug-likeness (QED) is 0.818. The zero-order valence-corrected chi connectivity index (χ0v) is 10.5. The SMILES string of the molecule is CCCNC(COC)Cn1ccc(C(F)(F)F)n1. The number of hydrogen-bond acceptors (Lipinski definition) is 3. The molecule has 0 aromatic carbocycles. The molecule has 1 N–H and O–H groups in total. The van der Waals surface area contributed by atoms with Gasteiger partial charge < -0.3 is 10.1 Å². The van der Waals surface area contributed by atoms with Crippen LogP contribution >= 0.6 is 0 Å². The van der Waals surface area contributed by atoms with Crippen LogP contribution in [0.4, 0.5) is 13.2 Å². The summed E-state index contributed by atoms with van der Waals surface area (Å²) in [5.74, 6) is 0. The smallest absolute Gasteiger partial charge is 0.383 e. The summed E-state index contributed by atoms with van der Waals surface area (Å²) in [6.07, 6.45) is -2.11. The third-order valence-corrected chi connectivity index (χ3v) is 2.39. The number of methoxy groups -OCH3 is 1. The van der Waals surface area contributed by atoms with Crippen LogP contribution in [0.1, 0.15) is 19.0 Å². The van der Waals surface area contributed by atoms with Gasteiger partial charge in [0.1, 0.15) is 0 Å². The minimum Gasteiger partial charge on any atom is -0.383 e. The van der Waals surface area contributed by atoms with Crippen molar-refractivity contribution in [3.8, 4) is 0 Å². The molecule has 0 aliphatic rings. The van der Waals surface area contributed by atoms with Gasteiger partial charge in [-0.05, 0) is 19.0 Å². The molecular formula is C11H18F3N3O. The predicted molar refractivity (Wildman–Crippen MR) is 61.2 cm³/mol. The lowest BCUT2D eigenvalue weighted by Gasteiger charge is -2.17. The topological polar surface area (TPSA) is 39.1 Å². The fourth-order valence-electron chi connectivity index (χ4n) is 1.57. The van der Waals surface area contributed by atoms with E-state index in [1.807, 2.05) is 6.92 Å². The number of rotatable bonds is 7. The molecule has 0 saturated carbocycles. The van der Waals surface area contributed by atoms with Gasteiger partial charge in [0.25, 0.3) is 0 Å². The van der Waals surface area contributed by atoms with E-state index in [1.54, 1.807) is 7.11 Å². The first kappa shape index (κ1) is 15.0. The Balaban J connectivity index is 2.60. The lowest BCUT2D eigenvalue weighted by Crippen LogP contribution is -2.37. The van der Waals surface area contributed by atoms with E-state index in [0.29, 0.717) is 13.2 Å². The molecule has 0 aliphatic heterocycles. The summed E-state index contributed by atoms with van der Waals surface area (Å²) in [6, 6.07) is 0.930. The van der Waals surface area contributed by atoms with Gasteiger partial charge in [-0.1, -0.05) is 6.92 Å². The van der Waals surface area contributed by atoms with E-state index in [0.717, 1.165) is 19.0 Å². The Labute approximate surface area is 104 Å². The van der Waals surface area contributed by atoms with Crippen molar-refractivity contribution in [2.24, 2.45) is 0 Å². The van der Waals surface area contributed by atoms with Crippen molar-refractivity contribution in [2.75, 3.05) is 20.3 Å². The number of nitrogens with one attached hydrogen (secondary N) is 1. The van der Waals surface area contributed by atoms with Crippen LogP contribution in [0.15, 0.2) is 12.3 Å². The van der Waals surface area contributed by atoms with E-state index in [-0.39, 0.29) is 6.04 Å². The summed E-state index contributed by atoms with van der Waals surface area (Å²) >= 11 is 0. The molecule has 0 aliphatic carbocycles. The average molecular weight is 265 g/mol. The van der Waals surface area contributed by atoms with Gasteiger partial charge in [-0.3, -0.25) is 4.68 Å². The fourth-order valence-corrected chi connectivity index (χ4v) is 1.57. The highest BCUT2D eigenvalue weighted by Crippen LogP contribution is 2.27. The van der Waals surface area contributed by atoms with Gasteiger partial charge in [0.15, 0.2) is 5.69 Å². The number of ether oxygens (including phenoxy) is 1. The van der Waals surface area contributed by atoms with Crippen LogP contribution in [-0.4, -0.2) is 36.1 Å². The standard InChI is InChI=1S/C11H18F3N3O/c1-3-5-15-9(8-18-2)7-17-6-4-10(16-17)11(12,13)14/h4,6,9,15H,3,5,7-8H2,1-2H3. The Morgan fingerprint density at radius 3 is 2.72 bits per heavy atom. The van der Waals surface area contributed by atoms with Crippen molar-refractivity contribution in [3.63, 3.8) is 0 Å². The van der Waals surface area contributed by atoms with Gasteiger partial charge >= 0.3 is 6.18 Å². The molecule has 0 bridgehead atoms. The molecule has 7 heteroatoms. The maximum Gasteiger partial charge on any atom is 0.435 e. The second-order valence-electron chi connectivity index (χ2n) is 4.03. The van der Waals surface area contributed by atoms with Crippen molar-refractivity contribution in [2.45, 2.75) is 32.1 Å². The third kappa shape index (κ3) is 4.66. The zero-order chi connectivity index (χ0) is 13.6. The van der Waals surface area contributed by atoms with E-state index < -0.39 is 11.9 Å². The summed E-state index contributed by atoms with van der Waals surface area (Å²) in [4.78, 5) is 0. The van der Waals surface area contributed by atoms with Gasteiger partial charge in [0, 0.05) is 13.3 Å². The van der Waals surface area contributed by atoms with Crippen LogP contribution in [0.25, 0.3) is 0 Å². The highest BCUT2D eigenvalue weighted by atomic mass is 19.4. The maximum atomic E-state index is 12.4. The fraction of sp³-hybridized carbons (Fsp3) is 0.727. The molecule has 1 unspecified atom stereocenters. The van der Waals surface area contributed by atoms with Gasteiger partial charge in [-0.2, -0.15) is 18.3 Å². The first-order chi connectivity index (χ1) is 8.47. The first-order valence-corrected chi connectivity index (χ1v) is 5.80. The minimum absolute atomic E-state index is 0.0454. The second-order valence-corrected chi connectivity index (χ2v) is 4.03. The van der Waals surface area contributed by atoms with Gasteiger partial charge in [0.05, 0.1) is 19.2 Å².